The molecule has 0 aromatic heterocycles. The van der Waals surface area contributed by atoms with E-state index >= 15 is 0 Å². The van der Waals surface area contributed by atoms with Crippen LogP contribution >= 0.6 is 23.2 Å². The number of amides is 1. The van der Waals surface area contributed by atoms with E-state index in [4.69, 9.17) is 27.9 Å². The molecule has 3 aromatic rings. The Morgan fingerprint density at radius 1 is 0.893 bits per heavy atom. The first-order chi connectivity index (χ1) is 13.3. The van der Waals surface area contributed by atoms with Crippen LogP contribution in [-0.2, 0) is 10.0 Å². The smallest absolute Gasteiger partial charge is 0.266 e. The molecular weight excluding hydrogens is 421 g/mol. The van der Waals surface area contributed by atoms with E-state index < -0.39 is 15.9 Å². The molecule has 0 aliphatic rings. The highest BCUT2D eigenvalue weighted by Crippen LogP contribution is 2.24. The molecule has 0 aliphatic heterocycles. The average molecular weight is 436 g/mol. The third-order valence-corrected chi connectivity index (χ3v) is 5.89. The first-order valence-electron chi connectivity index (χ1n) is 8.07. The molecule has 1 amide bonds. The summed E-state index contributed by atoms with van der Waals surface area (Å²) in [4.78, 5) is 12.2. The van der Waals surface area contributed by atoms with Crippen LogP contribution in [0.1, 0.15) is 10.4 Å². The summed E-state index contributed by atoms with van der Waals surface area (Å²) in [6.45, 7) is 0. The summed E-state index contributed by atoms with van der Waals surface area (Å²) < 4.78 is 32.1. The minimum atomic E-state index is -4.06. The standard InChI is InChI=1S/C20H15Cl2NO4S/c1-27-16-7-2-13(3-8-16)14-4-9-17(10-5-14)28(25,26)23-20(24)18-11-6-15(21)12-19(18)22/h2-12H,1H3,(H,23,24). The lowest BCUT2D eigenvalue weighted by molar-refractivity contribution is 0.0981. The van der Waals surface area contributed by atoms with Crippen LogP contribution in [0.15, 0.2) is 71.6 Å². The summed E-state index contributed by atoms with van der Waals surface area (Å²) in [5, 5.41) is 0.411. The summed E-state index contributed by atoms with van der Waals surface area (Å²) in [5.41, 5.74) is 1.75. The Balaban J connectivity index is 1.80. The van der Waals surface area contributed by atoms with Crippen molar-refractivity contribution in [1.29, 1.82) is 0 Å². The fraction of sp³-hybridized carbons (Fsp3) is 0.0500. The lowest BCUT2D eigenvalue weighted by Crippen LogP contribution is -2.30. The van der Waals surface area contributed by atoms with Crippen LogP contribution in [-0.4, -0.2) is 21.4 Å². The molecule has 3 rings (SSSR count). The van der Waals surface area contributed by atoms with Gasteiger partial charge in [0.1, 0.15) is 5.75 Å². The Morgan fingerprint density at radius 2 is 1.46 bits per heavy atom. The molecule has 8 heteroatoms. The third-order valence-electron chi connectivity index (χ3n) is 3.99. The number of ether oxygens (including phenoxy) is 1. The molecule has 0 spiro atoms. The number of methoxy groups -OCH3 is 1. The van der Waals surface area contributed by atoms with Crippen LogP contribution in [0.3, 0.4) is 0 Å². The van der Waals surface area contributed by atoms with Gasteiger partial charge in [-0.1, -0.05) is 47.5 Å². The average Bonchev–Trinajstić information content (AvgIpc) is 2.67. The number of hydrogen-bond acceptors (Lipinski definition) is 4. The molecule has 0 atom stereocenters. The molecule has 3 aromatic carbocycles. The number of nitrogens with one attached hydrogen (secondary N) is 1. The van der Waals surface area contributed by atoms with Gasteiger partial charge in [-0.15, -0.1) is 0 Å². The van der Waals surface area contributed by atoms with E-state index in [1.165, 1.54) is 30.3 Å². The van der Waals surface area contributed by atoms with Gasteiger partial charge in [0.15, 0.2) is 0 Å². The van der Waals surface area contributed by atoms with Crippen molar-refractivity contribution in [3.8, 4) is 16.9 Å². The first-order valence-corrected chi connectivity index (χ1v) is 10.3. The van der Waals surface area contributed by atoms with Crippen molar-refractivity contribution >= 4 is 39.1 Å². The second-order valence-electron chi connectivity index (χ2n) is 5.81. The van der Waals surface area contributed by atoms with E-state index in [0.717, 1.165) is 16.9 Å². The number of carbonyl (C=O) groups excluding carboxylic acids is 1. The van der Waals surface area contributed by atoms with Crippen molar-refractivity contribution in [2.75, 3.05) is 7.11 Å². The molecule has 0 radical (unpaired) electrons. The van der Waals surface area contributed by atoms with Crippen LogP contribution in [0.25, 0.3) is 11.1 Å². The number of halogens is 2. The van der Waals surface area contributed by atoms with Gasteiger partial charge in [-0.25, -0.2) is 13.1 Å². The van der Waals surface area contributed by atoms with Gasteiger partial charge in [-0.2, -0.15) is 0 Å². The fourth-order valence-corrected chi connectivity index (χ4v) is 3.98. The lowest BCUT2D eigenvalue weighted by atomic mass is 10.1. The van der Waals surface area contributed by atoms with Gasteiger partial charge in [-0.3, -0.25) is 4.79 Å². The van der Waals surface area contributed by atoms with E-state index in [0.29, 0.717) is 5.02 Å². The largest absolute Gasteiger partial charge is 0.497 e. The second kappa shape index (κ2) is 8.22. The van der Waals surface area contributed by atoms with E-state index in [1.54, 1.807) is 19.2 Å². The Kier molecular flexibility index (Phi) is 5.93. The molecule has 1 N–H and O–H groups in total. The van der Waals surface area contributed by atoms with Gasteiger partial charge in [0.2, 0.25) is 0 Å². The lowest BCUT2D eigenvalue weighted by Gasteiger charge is -2.09. The number of carbonyl (C=O) groups is 1. The topological polar surface area (TPSA) is 72.5 Å². The number of rotatable bonds is 5. The molecule has 5 nitrogen and oxygen atoms in total. The van der Waals surface area contributed by atoms with E-state index in [2.05, 4.69) is 0 Å². The van der Waals surface area contributed by atoms with Gasteiger partial charge in [0.25, 0.3) is 15.9 Å². The molecule has 0 saturated heterocycles. The Labute approximate surface area is 172 Å². The van der Waals surface area contributed by atoms with Crippen molar-refractivity contribution in [2.45, 2.75) is 4.90 Å². The van der Waals surface area contributed by atoms with Crippen LogP contribution in [0.5, 0.6) is 5.75 Å². The first kappa shape index (κ1) is 20.2. The molecule has 0 aliphatic carbocycles. The summed E-state index contributed by atoms with van der Waals surface area (Å²) >= 11 is 11.8. The van der Waals surface area contributed by atoms with Crippen molar-refractivity contribution in [1.82, 2.24) is 4.72 Å². The zero-order valence-corrected chi connectivity index (χ0v) is 17.0. The van der Waals surface area contributed by atoms with Crippen molar-refractivity contribution < 1.29 is 17.9 Å². The summed E-state index contributed by atoms with van der Waals surface area (Å²) in [6.07, 6.45) is 0. The van der Waals surface area contributed by atoms with Crippen LogP contribution in [0.4, 0.5) is 0 Å². The Hall–Kier alpha value is -2.54. The predicted molar refractivity (Wildman–Crippen MR) is 110 cm³/mol. The van der Waals surface area contributed by atoms with Crippen molar-refractivity contribution in [2.24, 2.45) is 0 Å². The van der Waals surface area contributed by atoms with E-state index in [-0.39, 0.29) is 15.5 Å². The van der Waals surface area contributed by atoms with E-state index in [9.17, 15) is 13.2 Å². The van der Waals surface area contributed by atoms with Gasteiger partial charge in [0, 0.05) is 5.02 Å². The van der Waals surface area contributed by atoms with Crippen LogP contribution in [0, 0.1) is 0 Å². The quantitative estimate of drug-likeness (QED) is 0.625. The molecular formula is C20H15Cl2NO4S. The highest BCUT2D eigenvalue weighted by atomic mass is 35.5. The number of benzene rings is 3. The molecule has 0 unspecified atom stereocenters. The maximum atomic E-state index is 12.5. The summed E-state index contributed by atoms with van der Waals surface area (Å²) in [7, 11) is -2.47. The highest BCUT2D eigenvalue weighted by molar-refractivity contribution is 7.90. The summed E-state index contributed by atoms with van der Waals surface area (Å²) in [5.74, 6) is -0.104. The van der Waals surface area contributed by atoms with Crippen molar-refractivity contribution in [3.63, 3.8) is 0 Å². The minimum absolute atomic E-state index is 0.0181. The molecule has 0 saturated carbocycles. The maximum absolute atomic E-state index is 12.5. The SMILES string of the molecule is COc1ccc(-c2ccc(S(=O)(=O)NC(=O)c3ccc(Cl)cc3Cl)cc2)cc1. The van der Waals surface area contributed by atoms with Gasteiger partial charge in [0.05, 0.1) is 22.6 Å². The maximum Gasteiger partial charge on any atom is 0.266 e. The molecule has 0 heterocycles. The van der Waals surface area contributed by atoms with E-state index in [1.807, 2.05) is 29.0 Å². The number of hydrogen-bond donors (Lipinski definition) is 1. The summed E-state index contributed by atoms with van der Waals surface area (Å²) in [6, 6.07) is 17.7. The van der Waals surface area contributed by atoms with Gasteiger partial charge < -0.3 is 4.74 Å². The highest BCUT2D eigenvalue weighted by Gasteiger charge is 2.20. The second-order valence-corrected chi connectivity index (χ2v) is 8.34. The van der Waals surface area contributed by atoms with Gasteiger partial charge in [-0.05, 0) is 53.6 Å². The molecule has 0 fully saturated rings. The zero-order chi connectivity index (χ0) is 20.3. The zero-order valence-electron chi connectivity index (χ0n) is 14.6. The predicted octanol–water partition coefficient (Wildman–Crippen LogP) is 4.79. The normalized spacial score (nSPS) is 11.1. The number of sulfonamides is 1. The Morgan fingerprint density at radius 3 is 2.00 bits per heavy atom. The Bertz CT molecular complexity index is 1110. The van der Waals surface area contributed by atoms with Crippen LogP contribution < -0.4 is 9.46 Å². The van der Waals surface area contributed by atoms with Crippen LogP contribution in [0.2, 0.25) is 10.0 Å². The van der Waals surface area contributed by atoms with Crippen molar-refractivity contribution in [3.05, 3.63) is 82.3 Å². The van der Waals surface area contributed by atoms with Gasteiger partial charge >= 0.3 is 0 Å². The third kappa shape index (κ3) is 4.47. The molecule has 28 heavy (non-hydrogen) atoms. The fourth-order valence-electron chi connectivity index (χ4n) is 2.52. The molecule has 144 valence electrons. The monoisotopic (exact) mass is 435 g/mol. The molecule has 0 bridgehead atoms. The minimum Gasteiger partial charge on any atom is -0.497 e.